The van der Waals surface area contributed by atoms with Crippen molar-refractivity contribution in [2.24, 2.45) is 0 Å². The Kier molecular flexibility index (Phi) is 4.40. The van der Waals surface area contributed by atoms with Crippen LogP contribution in [0, 0.1) is 13.8 Å². The van der Waals surface area contributed by atoms with Crippen LogP contribution in [0.15, 0.2) is 33.6 Å². The maximum absolute atomic E-state index is 12.3. The Bertz CT molecular complexity index is 812. The van der Waals surface area contributed by atoms with E-state index in [-0.39, 0.29) is 14.8 Å². The summed E-state index contributed by atoms with van der Waals surface area (Å²) in [4.78, 5) is 11.2. The molecule has 0 aliphatic carbocycles. The highest BCUT2D eigenvalue weighted by Gasteiger charge is 2.19. The maximum Gasteiger partial charge on any atom is 0.346 e. The topological polar surface area (TPSA) is 83.5 Å². The van der Waals surface area contributed by atoms with Gasteiger partial charge in [0.1, 0.15) is 9.88 Å². The van der Waals surface area contributed by atoms with Crippen LogP contribution in [-0.2, 0) is 10.0 Å². The fourth-order valence-electron chi connectivity index (χ4n) is 1.72. The number of aromatic carboxylic acids is 1. The number of anilines is 1. The lowest BCUT2D eigenvalue weighted by Crippen LogP contribution is -2.12. The van der Waals surface area contributed by atoms with Crippen molar-refractivity contribution in [3.63, 3.8) is 0 Å². The molecule has 1 heterocycles. The Morgan fingerprint density at radius 1 is 1.24 bits per heavy atom. The molecule has 2 rings (SSSR count). The Hall–Kier alpha value is -1.38. The van der Waals surface area contributed by atoms with Crippen molar-refractivity contribution in [1.82, 2.24) is 0 Å². The van der Waals surface area contributed by atoms with E-state index in [9.17, 15) is 13.2 Å². The number of thiophene rings is 1. The third-order valence-corrected chi connectivity index (χ3v) is 6.31. The van der Waals surface area contributed by atoms with Crippen molar-refractivity contribution in [1.29, 1.82) is 0 Å². The van der Waals surface area contributed by atoms with Gasteiger partial charge in [-0.2, -0.15) is 0 Å². The van der Waals surface area contributed by atoms with E-state index in [1.165, 1.54) is 12.1 Å². The number of hydrogen-bond donors (Lipinski definition) is 2. The monoisotopic (exact) mass is 389 g/mol. The molecule has 0 atom stereocenters. The third kappa shape index (κ3) is 3.45. The lowest BCUT2D eigenvalue weighted by atomic mass is 10.2. The molecule has 0 bridgehead atoms. The number of halogens is 1. The zero-order chi connectivity index (χ0) is 15.8. The largest absolute Gasteiger partial charge is 0.477 e. The van der Waals surface area contributed by atoms with E-state index in [0.29, 0.717) is 5.56 Å². The number of sulfonamides is 1. The summed E-state index contributed by atoms with van der Waals surface area (Å²) >= 11 is 4.21. The summed E-state index contributed by atoms with van der Waals surface area (Å²) in [7, 11) is -3.74. The molecule has 5 nitrogen and oxygen atoms in total. The van der Waals surface area contributed by atoms with E-state index < -0.39 is 16.0 Å². The van der Waals surface area contributed by atoms with Crippen LogP contribution in [0.25, 0.3) is 0 Å². The first-order chi connectivity index (χ1) is 9.70. The minimum atomic E-state index is -3.74. The number of carboxylic acids is 1. The van der Waals surface area contributed by atoms with Gasteiger partial charge in [0.15, 0.2) is 0 Å². The Labute approximate surface area is 134 Å². The molecule has 21 heavy (non-hydrogen) atoms. The van der Waals surface area contributed by atoms with Crippen molar-refractivity contribution in [2.75, 3.05) is 4.72 Å². The summed E-state index contributed by atoms with van der Waals surface area (Å²) in [5.41, 5.74) is 1.32. The number of rotatable bonds is 4. The van der Waals surface area contributed by atoms with Gasteiger partial charge in [-0.25, -0.2) is 13.2 Å². The highest BCUT2D eigenvalue weighted by Crippen LogP contribution is 2.29. The lowest BCUT2D eigenvalue weighted by molar-refractivity contribution is 0.0701. The second-order valence-corrected chi connectivity index (χ2v) is 8.03. The molecule has 0 radical (unpaired) electrons. The van der Waals surface area contributed by atoms with Gasteiger partial charge in [-0.1, -0.05) is 15.9 Å². The normalized spacial score (nSPS) is 11.4. The SMILES string of the molecule is Cc1cc(S(=O)(=O)Nc2cc(C)c(C(=O)O)s2)ccc1Br. The fraction of sp³-hybridized carbons (Fsp3) is 0.154. The smallest absolute Gasteiger partial charge is 0.346 e. The predicted octanol–water partition coefficient (Wildman–Crippen LogP) is 3.63. The zero-order valence-corrected chi connectivity index (χ0v) is 14.4. The maximum atomic E-state index is 12.3. The van der Waals surface area contributed by atoms with Crippen LogP contribution in [0.4, 0.5) is 5.00 Å². The van der Waals surface area contributed by atoms with E-state index in [0.717, 1.165) is 21.4 Å². The number of benzene rings is 1. The van der Waals surface area contributed by atoms with Crippen LogP contribution in [0.2, 0.25) is 0 Å². The fourth-order valence-corrected chi connectivity index (χ4v) is 4.25. The first-order valence-electron chi connectivity index (χ1n) is 5.83. The van der Waals surface area contributed by atoms with Gasteiger partial charge < -0.3 is 5.11 Å². The molecule has 0 saturated heterocycles. The van der Waals surface area contributed by atoms with Crippen molar-refractivity contribution in [2.45, 2.75) is 18.7 Å². The molecule has 8 heteroatoms. The van der Waals surface area contributed by atoms with Crippen LogP contribution < -0.4 is 4.72 Å². The number of carboxylic acid groups (broad SMARTS) is 1. The van der Waals surface area contributed by atoms with Gasteiger partial charge in [0.25, 0.3) is 10.0 Å². The van der Waals surface area contributed by atoms with E-state index in [1.54, 1.807) is 26.0 Å². The van der Waals surface area contributed by atoms with Crippen molar-refractivity contribution >= 4 is 48.3 Å². The predicted molar refractivity (Wildman–Crippen MR) is 85.7 cm³/mol. The molecule has 1 aromatic heterocycles. The standard InChI is InChI=1S/C13H12BrNO4S2/c1-7-5-9(3-4-10(7)14)21(18,19)15-11-6-8(2)12(20-11)13(16)17/h3-6,15H,1-2H3,(H,16,17). The Morgan fingerprint density at radius 2 is 1.90 bits per heavy atom. The molecular weight excluding hydrogens is 378 g/mol. The van der Waals surface area contributed by atoms with Gasteiger partial charge in [0.2, 0.25) is 0 Å². The average Bonchev–Trinajstić information content (AvgIpc) is 2.72. The molecule has 2 aromatic rings. The van der Waals surface area contributed by atoms with Gasteiger partial charge in [0, 0.05) is 4.47 Å². The minimum absolute atomic E-state index is 0.125. The Morgan fingerprint density at radius 3 is 2.43 bits per heavy atom. The van der Waals surface area contributed by atoms with Crippen LogP contribution in [0.3, 0.4) is 0 Å². The number of carbonyl (C=O) groups is 1. The van der Waals surface area contributed by atoms with E-state index >= 15 is 0 Å². The molecule has 112 valence electrons. The molecular formula is C13H12BrNO4S2. The van der Waals surface area contributed by atoms with E-state index in [2.05, 4.69) is 20.7 Å². The summed E-state index contributed by atoms with van der Waals surface area (Å²) in [5.74, 6) is -1.07. The van der Waals surface area contributed by atoms with E-state index in [4.69, 9.17) is 5.11 Å². The van der Waals surface area contributed by atoms with E-state index in [1.807, 2.05) is 0 Å². The highest BCUT2D eigenvalue weighted by molar-refractivity contribution is 9.10. The summed E-state index contributed by atoms with van der Waals surface area (Å²) in [6, 6.07) is 6.20. The first kappa shape index (κ1) is 16.0. The molecule has 0 aliphatic heterocycles. The Balaban J connectivity index is 2.35. The van der Waals surface area contributed by atoms with Gasteiger partial charge in [-0.15, -0.1) is 11.3 Å². The number of nitrogens with one attached hydrogen (secondary N) is 1. The summed E-state index contributed by atoms with van der Waals surface area (Å²) < 4.78 is 27.8. The quantitative estimate of drug-likeness (QED) is 0.835. The van der Waals surface area contributed by atoms with Crippen LogP contribution in [0.5, 0.6) is 0 Å². The minimum Gasteiger partial charge on any atom is -0.477 e. The summed E-state index contributed by atoms with van der Waals surface area (Å²) in [6.45, 7) is 3.42. The molecule has 0 fully saturated rings. The zero-order valence-electron chi connectivity index (χ0n) is 11.2. The number of aryl methyl sites for hydroxylation is 2. The van der Waals surface area contributed by atoms with Gasteiger partial charge in [-0.05, 0) is 49.2 Å². The summed E-state index contributed by atoms with van der Waals surface area (Å²) in [5, 5.41) is 9.27. The summed E-state index contributed by atoms with van der Waals surface area (Å²) in [6.07, 6.45) is 0. The average molecular weight is 390 g/mol. The molecule has 1 aromatic carbocycles. The third-order valence-electron chi connectivity index (χ3n) is 2.79. The van der Waals surface area contributed by atoms with Crippen molar-refractivity contribution in [3.05, 3.63) is 44.7 Å². The molecule has 0 saturated carbocycles. The first-order valence-corrected chi connectivity index (χ1v) is 8.92. The van der Waals surface area contributed by atoms with Crippen LogP contribution >= 0.6 is 27.3 Å². The van der Waals surface area contributed by atoms with Crippen molar-refractivity contribution < 1.29 is 18.3 Å². The molecule has 0 spiro atoms. The van der Waals surface area contributed by atoms with Crippen molar-refractivity contribution in [3.8, 4) is 0 Å². The lowest BCUT2D eigenvalue weighted by Gasteiger charge is -2.07. The molecule has 0 aliphatic rings. The van der Waals surface area contributed by atoms with Gasteiger partial charge in [0.05, 0.1) is 4.90 Å². The van der Waals surface area contributed by atoms with Gasteiger partial charge >= 0.3 is 5.97 Å². The van der Waals surface area contributed by atoms with Gasteiger partial charge in [-0.3, -0.25) is 4.72 Å². The molecule has 0 unspecified atom stereocenters. The molecule has 2 N–H and O–H groups in total. The molecule has 0 amide bonds. The second-order valence-electron chi connectivity index (χ2n) is 4.44. The van der Waals surface area contributed by atoms with Crippen LogP contribution in [-0.4, -0.2) is 19.5 Å². The van der Waals surface area contributed by atoms with Crippen LogP contribution in [0.1, 0.15) is 20.8 Å². The number of hydrogen-bond acceptors (Lipinski definition) is 4. The highest BCUT2D eigenvalue weighted by atomic mass is 79.9. The second kappa shape index (κ2) is 5.78.